The first-order chi connectivity index (χ1) is 8.59. The number of hydrogen-bond acceptors (Lipinski definition) is 4. The number of pyridine rings is 1. The van der Waals surface area contributed by atoms with E-state index in [1.165, 1.54) is 0 Å². The molecule has 3 heterocycles. The molecular formula is C12H14N4O. The van der Waals surface area contributed by atoms with Crippen LogP contribution < -0.4 is 15.5 Å². The van der Waals surface area contributed by atoms with Gasteiger partial charge in [-0.3, -0.25) is 4.79 Å². The third-order valence-electron chi connectivity index (χ3n) is 3.28. The van der Waals surface area contributed by atoms with Crippen molar-refractivity contribution in [1.29, 1.82) is 0 Å². The minimum absolute atomic E-state index is 0.0305. The number of rotatable bonds is 1. The molecule has 0 radical (unpaired) electrons. The summed E-state index contributed by atoms with van der Waals surface area (Å²) in [5, 5.41) is 5.83. The second-order valence-corrected chi connectivity index (χ2v) is 4.44. The summed E-state index contributed by atoms with van der Waals surface area (Å²) in [6, 6.07) is 5.30. The van der Waals surface area contributed by atoms with E-state index in [-0.39, 0.29) is 12.1 Å². The van der Waals surface area contributed by atoms with E-state index in [1.807, 2.05) is 11.0 Å². The van der Waals surface area contributed by atoms with Gasteiger partial charge in [0, 0.05) is 12.7 Å². The Labute approximate surface area is 101 Å². The highest BCUT2D eigenvalue weighted by Crippen LogP contribution is 2.28. The van der Waals surface area contributed by atoms with E-state index in [0.29, 0.717) is 18.8 Å². The van der Waals surface area contributed by atoms with E-state index in [9.17, 15) is 4.79 Å². The van der Waals surface area contributed by atoms with Gasteiger partial charge in [0.1, 0.15) is 11.4 Å². The van der Waals surface area contributed by atoms with Crippen molar-refractivity contribution in [2.24, 2.45) is 0 Å². The number of nitrogens with one attached hydrogen (secondary N) is 2. The van der Waals surface area contributed by atoms with Crippen LogP contribution in [0.3, 0.4) is 0 Å². The van der Waals surface area contributed by atoms with Gasteiger partial charge in [-0.05, 0) is 18.6 Å². The van der Waals surface area contributed by atoms with Gasteiger partial charge < -0.3 is 15.5 Å². The Morgan fingerprint density at radius 1 is 1.59 bits per heavy atom. The fraction of sp³-hybridized carbons (Fsp3) is 0.333. The largest absolute Gasteiger partial charge is 0.356 e. The smallest absolute Gasteiger partial charge is 0.253 e. The lowest BCUT2D eigenvalue weighted by molar-refractivity contribution is -0.123. The van der Waals surface area contributed by atoms with Crippen LogP contribution in [0.4, 0.5) is 5.82 Å². The Morgan fingerprint density at radius 2 is 2.47 bits per heavy atom. The number of carbonyl (C=O) groups is 1. The van der Waals surface area contributed by atoms with Crippen molar-refractivity contribution >= 4 is 11.7 Å². The molecule has 1 unspecified atom stereocenters. The normalized spacial score (nSPS) is 28.2. The first kappa shape index (κ1) is 9.04. The molecule has 2 aliphatic rings. The average molecular weight is 232 g/mol. The highest BCUT2D eigenvalue weighted by Gasteiger charge is 2.49. The SMILES string of the molecule is [3H]c1cccc(N2CCC3(C2)NC(=C)NC3=O)n1. The predicted molar refractivity (Wildman–Crippen MR) is 64.2 cm³/mol. The number of nitrogens with zero attached hydrogens (tertiary/aromatic N) is 2. The summed E-state index contributed by atoms with van der Waals surface area (Å²) in [4.78, 5) is 18.1. The van der Waals surface area contributed by atoms with Crippen LogP contribution in [0.25, 0.3) is 0 Å². The zero-order chi connectivity index (χ0) is 12.8. The Hall–Kier alpha value is -2.04. The molecule has 2 saturated heterocycles. The molecule has 0 aromatic carbocycles. The second kappa shape index (κ2) is 3.48. The van der Waals surface area contributed by atoms with Crippen molar-refractivity contribution in [3.8, 4) is 0 Å². The van der Waals surface area contributed by atoms with Gasteiger partial charge >= 0.3 is 0 Å². The summed E-state index contributed by atoms with van der Waals surface area (Å²) >= 11 is 0. The molecule has 0 bridgehead atoms. The van der Waals surface area contributed by atoms with E-state index >= 15 is 0 Å². The Balaban J connectivity index is 1.84. The highest BCUT2D eigenvalue weighted by molar-refractivity contribution is 5.92. The lowest BCUT2D eigenvalue weighted by atomic mass is 9.99. The third-order valence-corrected chi connectivity index (χ3v) is 3.28. The first-order valence-electron chi connectivity index (χ1n) is 6.06. The van der Waals surface area contributed by atoms with Gasteiger partial charge in [0.15, 0.2) is 0 Å². The second-order valence-electron chi connectivity index (χ2n) is 4.44. The summed E-state index contributed by atoms with van der Waals surface area (Å²) in [5.74, 6) is 1.27. The molecule has 1 spiro atoms. The molecular weight excluding hydrogens is 216 g/mol. The molecule has 5 heteroatoms. The van der Waals surface area contributed by atoms with Gasteiger partial charge in [0.25, 0.3) is 5.91 Å². The molecule has 1 amide bonds. The standard InChI is InChI=1S/C12H14N4O/c1-9-14-11(17)12(15-9)5-7-16(8-12)10-4-2-3-6-13-10/h2-4,6,15H,1,5,7-8H2,(H,14,17)/i6T. The molecule has 0 aliphatic carbocycles. The first-order valence-corrected chi connectivity index (χ1v) is 5.56. The fourth-order valence-corrected chi connectivity index (χ4v) is 2.42. The van der Waals surface area contributed by atoms with Crippen LogP contribution in [-0.2, 0) is 4.79 Å². The maximum absolute atomic E-state index is 11.9. The van der Waals surface area contributed by atoms with E-state index in [2.05, 4.69) is 22.2 Å². The van der Waals surface area contributed by atoms with Gasteiger partial charge in [0.2, 0.25) is 0 Å². The minimum atomic E-state index is -0.587. The molecule has 2 N–H and O–H groups in total. The molecule has 5 nitrogen and oxygen atoms in total. The van der Waals surface area contributed by atoms with Gasteiger partial charge in [-0.2, -0.15) is 0 Å². The van der Waals surface area contributed by atoms with Gasteiger partial charge in [-0.15, -0.1) is 0 Å². The lowest BCUT2D eigenvalue weighted by Crippen LogP contribution is -2.48. The summed E-state index contributed by atoms with van der Waals surface area (Å²) in [6.45, 7) is 5.02. The van der Waals surface area contributed by atoms with Crippen LogP contribution in [0.2, 0.25) is 0 Å². The zero-order valence-corrected chi connectivity index (χ0v) is 9.36. The third kappa shape index (κ3) is 1.54. The molecule has 3 rings (SSSR count). The molecule has 1 aromatic rings. The number of hydrogen-bond donors (Lipinski definition) is 2. The number of amides is 1. The molecule has 1 aromatic heterocycles. The quantitative estimate of drug-likeness (QED) is 0.727. The van der Waals surface area contributed by atoms with Gasteiger partial charge in [-0.1, -0.05) is 12.6 Å². The van der Waals surface area contributed by atoms with Crippen molar-refractivity contribution in [3.05, 3.63) is 36.8 Å². The summed E-state index contributed by atoms with van der Waals surface area (Å²) < 4.78 is 7.53. The highest BCUT2D eigenvalue weighted by atomic mass is 16.2. The monoisotopic (exact) mass is 232 g/mol. The maximum atomic E-state index is 11.9. The zero-order valence-electron chi connectivity index (χ0n) is 10.4. The van der Waals surface area contributed by atoms with Crippen molar-refractivity contribution < 1.29 is 6.17 Å². The Bertz CT molecular complexity index is 533. The topological polar surface area (TPSA) is 57.3 Å². The van der Waals surface area contributed by atoms with E-state index in [4.69, 9.17) is 1.37 Å². The Morgan fingerprint density at radius 3 is 3.18 bits per heavy atom. The number of carbonyl (C=O) groups excluding carboxylic acids is 1. The maximum Gasteiger partial charge on any atom is 0.253 e. The van der Waals surface area contributed by atoms with Gasteiger partial charge in [0.05, 0.1) is 13.7 Å². The van der Waals surface area contributed by atoms with Gasteiger partial charge in [-0.25, -0.2) is 4.98 Å². The fourth-order valence-electron chi connectivity index (χ4n) is 2.42. The molecule has 0 saturated carbocycles. The number of anilines is 1. The van der Waals surface area contributed by atoms with Crippen molar-refractivity contribution in [2.45, 2.75) is 12.0 Å². The van der Waals surface area contributed by atoms with E-state index in [1.54, 1.807) is 12.1 Å². The predicted octanol–water partition coefficient (Wildman–Crippen LogP) is 0.221. The van der Waals surface area contributed by atoms with Crippen LogP contribution in [-0.4, -0.2) is 29.5 Å². The summed E-state index contributed by atoms with van der Waals surface area (Å²) in [6.07, 6.45) is 0.948. The van der Waals surface area contributed by atoms with Crippen LogP contribution in [0.5, 0.6) is 0 Å². The molecule has 17 heavy (non-hydrogen) atoms. The van der Waals surface area contributed by atoms with Crippen LogP contribution in [0.1, 0.15) is 7.79 Å². The van der Waals surface area contributed by atoms with Crippen molar-refractivity contribution in [3.63, 3.8) is 0 Å². The van der Waals surface area contributed by atoms with E-state index < -0.39 is 5.54 Å². The summed E-state index contributed by atoms with van der Waals surface area (Å²) in [5.41, 5.74) is -0.587. The Kier molecular flexibility index (Phi) is 1.85. The number of aromatic nitrogens is 1. The molecule has 88 valence electrons. The van der Waals surface area contributed by atoms with Crippen molar-refractivity contribution in [1.82, 2.24) is 15.6 Å². The average Bonchev–Trinajstić information content (AvgIpc) is 2.85. The molecule has 1 atom stereocenters. The van der Waals surface area contributed by atoms with Crippen LogP contribution in [0.15, 0.2) is 36.8 Å². The van der Waals surface area contributed by atoms with Crippen molar-refractivity contribution in [2.75, 3.05) is 18.0 Å². The van der Waals surface area contributed by atoms with Crippen LogP contribution >= 0.6 is 0 Å². The van der Waals surface area contributed by atoms with Crippen LogP contribution in [0, 0.1) is 0 Å². The lowest BCUT2D eigenvalue weighted by Gasteiger charge is -2.22. The minimum Gasteiger partial charge on any atom is -0.356 e. The molecule has 2 aliphatic heterocycles. The molecule has 2 fully saturated rings. The summed E-state index contributed by atoms with van der Waals surface area (Å²) in [7, 11) is 0. The van der Waals surface area contributed by atoms with E-state index in [0.717, 1.165) is 12.4 Å².